The van der Waals surface area contributed by atoms with Crippen molar-refractivity contribution >= 4 is 25.7 Å². The average molecular weight is 1090 g/mol. The number of carbonyl (C=O) groups is 3. The van der Waals surface area contributed by atoms with Crippen molar-refractivity contribution in [1.82, 2.24) is 0 Å². The van der Waals surface area contributed by atoms with Crippen LogP contribution >= 0.6 is 7.82 Å². The van der Waals surface area contributed by atoms with Crippen LogP contribution in [0.25, 0.3) is 0 Å². The zero-order valence-corrected chi connectivity index (χ0v) is 49.3. The second kappa shape index (κ2) is 57.8. The third-order valence-electron chi connectivity index (χ3n) is 12.8. The highest BCUT2D eigenvalue weighted by atomic mass is 31.2. The Bertz CT molecular complexity index is 1600. The van der Waals surface area contributed by atoms with Crippen molar-refractivity contribution in [2.45, 2.75) is 277 Å². The third-order valence-corrected chi connectivity index (χ3v) is 13.7. The van der Waals surface area contributed by atoms with Crippen LogP contribution in [0.2, 0.25) is 0 Å². The van der Waals surface area contributed by atoms with Gasteiger partial charge in [0, 0.05) is 19.3 Å². The molecular weight excluding hydrogens is 976 g/mol. The summed E-state index contributed by atoms with van der Waals surface area (Å²) in [5, 5.41) is 9.84. The maximum absolute atomic E-state index is 12.9. The molecule has 0 amide bonds. The summed E-state index contributed by atoms with van der Waals surface area (Å²) in [5.74, 6) is -1.50. The molecule has 438 valence electrons. The summed E-state index contributed by atoms with van der Waals surface area (Å²) in [5.41, 5.74) is 0. The summed E-state index contributed by atoms with van der Waals surface area (Å²) in [6.45, 7) is 4.46. The quantitative estimate of drug-likeness (QED) is 0.0197. The molecule has 0 saturated heterocycles. The number of hydrogen-bond acceptors (Lipinski definition) is 10. The van der Waals surface area contributed by atoms with E-state index in [2.05, 4.69) is 106 Å². The van der Waals surface area contributed by atoms with Gasteiger partial charge in [0.15, 0.2) is 6.10 Å². The lowest BCUT2D eigenvalue weighted by Crippen LogP contribution is -2.30. The van der Waals surface area contributed by atoms with Crippen molar-refractivity contribution in [3.05, 3.63) is 85.1 Å². The van der Waals surface area contributed by atoms with Crippen LogP contribution in [0.1, 0.15) is 265 Å². The van der Waals surface area contributed by atoms with Gasteiger partial charge in [0.1, 0.15) is 12.7 Å². The van der Waals surface area contributed by atoms with E-state index in [9.17, 15) is 28.9 Å². The van der Waals surface area contributed by atoms with E-state index < -0.39 is 57.8 Å². The Kier molecular flexibility index (Phi) is 55.3. The van der Waals surface area contributed by atoms with Crippen LogP contribution in [-0.2, 0) is 42.2 Å². The summed E-state index contributed by atoms with van der Waals surface area (Å²) >= 11 is 0. The summed E-state index contributed by atoms with van der Waals surface area (Å²) < 4.78 is 39.6. The molecule has 0 bridgehead atoms. The number of aliphatic hydroxyl groups is 1. The zero-order valence-electron chi connectivity index (χ0n) is 48.5. The lowest BCUT2D eigenvalue weighted by atomic mass is 10.1. The summed E-state index contributed by atoms with van der Waals surface area (Å²) in [6, 6.07) is 0. The zero-order chi connectivity index (χ0) is 55.5. The topological polar surface area (TPSA) is 155 Å². The van der Waals surface area contributed by atoms with Crippen molar-refractivity contribution in [3.8, 4) is 0 Å². The fraction of sp³-hybridized carbons (Fsp3) is 0.734. The molecule has 11 nitrogen and oxygen atoms in total. The number of carbonyl (C=O) groups excluding carboxylic acids is 3. The van der Waals surface area contributed by atoms with Crippen LogP contribution in [0.5, 0.6) is 0 Å². The Morgan fingerprint density at radius 1 is 0.382 bits per heavy atom. The predicted octanol–water partition coefficient (Wildman–Crippen LogP) is 18.3. The fourth-order valence-electron chi connectivity index (χ4n) is 8.14. The molecule has 0 fully saturated rings. The van der Waals surface area contributed by atoms with Gasteiger partial charge in [0.2, 0.25) is 0 Å². The normalized spacial score (nSPS) is 13.9. The maximum atomic E-state index is 12.9. The predicted molar refractivity (Wildman–Crippen MR) is 316 cm³/mol. The smallest absolute Gasteiger partial charge is 0.462 e. The first-order valence-corrected chi connectivity index (χ1v) is 32.0. The second-order valence-corrected chi connectivity index (χ2v) is 21.6. The molecule has 3 atom stereocenters. The Balaban J connectivity index is 4.74. The highest BCUT2D eigenvalue weighted by Crippen LogP contribution is 2.43. The second-order valence-electron chi connectivity index (χ2n) is 20.1. The Morgan fingerprint density at radius 3 is 1.05 bits per heavy atom. The van der Waals surface area contributed by atoms with Crippen LogP contribution in [-0.4, -0.2) is 66.5 Å². The van der Waals surface area contributed by atoms with E-state index >= 15 is 0 Å². The molecule has 2 N–H and O–H groups in total. The Labute approximate surface area is 464 Å². The molecule has 0 heterocycles. The van der Waals surface area contributed by atoms with Crippen LogP contribution < -0.4 is 0 Å². The number of aliphatic hydroxyl groups excluding tert-OH is 1. The minimum Gasteiger partial charge on any atom is -0.462 e. The van der Waals surface area contributed by atoms with E-state index in [-0.39, 0.29) is 25.9 Å². The summed E-state index contributed by atoms with van der Waals surface area (Å²) in [4.78, 5) is 48.6. The van der Waals surface area contributed by atoms with Crippen molar-refractivity contribution in [1.29, 1.82) is 0 Å². The van der Waals surface area contributed by atoms with Gasteiger partial charge in [-0.15, -0.1) is 0 Å². The van der Waals surface area contributed by atoms with Crippen molar-refractivity contribution in [2.75, 3.05) is 26.4 Å². The van der Waals surface area contributed by atoms with Gasteiger partial charge in [-0.3, -0.25) is 23.4 Å². The molecule has 12 heteroatoms. The van der Waals surface area contributed by atoms with Crippen molar-refractivity contribution in [2.24, 2.45) is 0 Å². The molecule has 0 aromatic rings. The molecule has 0 radical (unpaired) electrons. The highest BCUT2D eigenvalue weighted by molar-refractivity contribution is 7.47. The van der Waals surface area contributed by atoms with E-state index in [1.807, 2.05) is 0 Å². The van der Waals surface area contributed by atoms with E-state index in [0.717, 1.165) is 128 Å². The Hall–Kier alpha value is -3.34. The highest BCUT2D eigenvalue weighted by Gasteiger charge is 2.28. The summed E-state index contributed by atoms with van der Waals surface area (Å²) in [6.07, 6.45) is 66.7. The molecule has 0 spiro atoms. The molecule has 0 aromatic carbocycles. The number of unbranched alkanes of at least 4 members (excludes halogenated alkanes) is 25. The number of rotatable bonds is 56. The van der Waals surface area contributed by atoms with Gasteiger partial charge >= 0.3 is 25.7 Å². The number of phosphoric ester groups is 1. The van der Waals surface area contributed by atoms with E-state index in [0.29, 0.717) is 19.3 Å². The minimum absolute atomic E-state index is 0.152. The van der Waals surface area contributed by atoms with Crippen LogP contribution in [0, 0.1) is 0 Å². The minimum atomic E-state index is -4.76. The maximum Gasteiger partial charge on any atom is 0.472 e. The molecular formula is C64H111O11P. The van der Waals surface area contributed by atoms with Crippen LogP contribution in [0.15, 0.2) is 85.1 Å². The molecule has 0 aromatic heterocycles. The molecule has 0 rings (SSSR count). The van der Waals surface area contributed by atoms with E-state index in [1.54, 1.807) is 0 Å². The van der Waals surface area contributed by atoms with E-state index in [4.69, 9.17) is 23.3 Å². The Morgan fingerprint density at radius 2 is 0.684 bits per heavy atom. The fourth-order valence-corrected chi connectivity index (χ4v) is 8.92. The van der Waals surface area contributed by atoms with Crippen LogP contribution in [0.3, 0.4) is 0 Å². The van der Waals surface area contributed by atoms with Crippen molar-refractivity contribution in [3.63, 3.8) is 0 Å². The number of esters is 3. The van der Waals surface area contributed by atoms with Gasteiger partial charge in [0.05, 0.1) is 19.8 Å². The van der Waals surface area contributed by atoms with Gasteiger partial charge in [-0.2, -0.15) is 0 Å². The average Bonchev–Trinajstić information content (AvgIpc) is 3.41. The first-order chi connectivity index (χ1) is 37.2. The van der Waals surface area contributed by atoms with Crippen molar-refractivity contribution < 1.29 is 52.2 Å². The first-order valence-electron chi connectivity index (χ1n) is 30.5. The van der Waals surface area contributed by atoms with Gasteiger partial charge < -0.3 is 24.2 Å². The standard InChI is InChI=1S/C64H111O11P/c1-4-7-10-13-16-19-22-25-28-30-33-36-39-42-45-48-51-54-63(67)74-60(56-65)58-72-76(69,70)73-59-61(57-71-62(66)53-50-47-44-41-38-35-32-27-24-21-18-15-12-9-6-3)75-64(68)55-52-49-46-43-40-37-34-31-29-26-23-20-17-14-11-8-5-2/h9,12,16-21,25-29,32,60-61,65H,4-8,10-11,13-15,22-24,30-31,33-59H2,1-3H3,(H,69,70)/b12-9-,19-16-,20-17-,21-18-,28-25-,29-26-,32-27-. The number of hydrogen-bond donors (Lipinski definition) is 2. The number of ether oxygens (including phenoxy) is 3. The lowest BCUT2D eigenvalue weighted by molar-refractivity contribution is -0.161. The molecule has 0 aliphatic heterocycles. The van der Waals surface area contributed by atoms with Gasteiger partial charge in [-0.1, -0.05) is 215 Å². The SMILES string of the molecule is CC/C=C\C/C=C\C/C=C\CCCCCCCC(=O)OCC(COP(=O)(O)OCC(CO)OC(=O)CCCCCCCCC/C=C\C/C=C\CCCCC)OC(=O)CCCCCCCCC/C=C\C/C=C\CCCCC. The molecule has 0 aliphatic rings. The number of phosphoric acid groups is 1. The van der Waals surface area contributed by atoms with Gasteiger partial charge in [0.25, 0.3) is 0 Å². The van der Waals surface area contributed by atoms with Crippen LogP contribution in [0.4, 0.5) is 0 Å². The third kappa shape index (κ3) is 55.4. The summed E-state index contributed by atoms with van der Waals surface area (Å²) in [7, 11) is -4.76. The molecule has 0 aliphatic carbocycles. The molecule has 76 heavy (non-hydrogen) atoms. The van der Waals surface area contributed by atoms with Gasteiger partial charge in [-0.05, 0) is 116 Å². The number of allylic oxidation sites excluding steroid dienone is 14. The van der Waals surface area contributed by atoms with E-state index in [1.165, 1.54) is 77.0 Å². The molecule has 3 unspecified atom stereocenters. The first kappa shape index (κ1) is 72.7. The largest absolute Gasteiger partial charge is 0.472 e. The molecule has 0 saturated carbocycles. The lowest BCUT2D eigenvalue weighted by Gasteiger charge is -2.21. The van der Waals surface area contributed by atoms with Gasteiger partial charge in [-0.25, -0.2) is 4.57 Å². The monoisotopic (exact) mass is 1090 g/mol.